The fourth-order valence-electron chi connectivity index (χ4n) is 3.26. The molecule has 6 heteroatoms. The molecular formula is C25H35N3O3. The molecule has 0 saturated heterocycles. The lowest BCUT2D eigenvalue weighted by Crippen LogP contribution is -2.36. The number of nitrogens with zero attached hydrogens (tertiary/aromatic N) is 1. The Morgan fingerprint density at radius 2 is 1.71 bits per heavy atom. The first-order valence-electron chi connectivity index (χ1n) is 10.6. The largest absolute Gasteiger partial charge is 0.497 e. The van der Waals surface area contributed by atoms with E-state index in [1.807, 2.05) is 62.6 Å². The molecule has 1 unspecified atom stereocenters. The van der Waals surface area contributed by atoms with E-state index in [9.17, 15) is 9.59 Å². The van der Waals surface area contributed by atoms with Gasteiger partial charge in [-0.25, -0.2) is 0 Å². The summed E-state index contributed by atoms with van der Waals surface area (Å²) in [5.74, 6) is 0.517. The third-order valence-electron chi connectivity index (χ3n) is 5.25. The molecule has 2 N–H and O–H groups in total. The molecule has 0 spiro atoms. The van der Waals surface area contributed by atoms with Gasteiger partial charge in [-0.05, 0) is 54.9 Å². The quantitative estimate of drug-likeness (QED) is 0.645. The standard InChI is InChI=1S/C25H35N3O3/c1-25(2,3)20-12-10-18(11-13-20)24(30)26-15-14-23(29)27-17-22(28(4)5)19-8-7-9-21(16-19)31-6/h7-13,16,22H,14-15,17H2,1-6H3,(H,26,30)(H,27,29). The molecule has 0 fully saturated rings. The Morgan fingerprint density at radius 3 is 2.29 bits per heavy atom. The van der Waals surface area contributed by atoms with Crippen molar-refractivity contribution < 1.29 is 14.3 Å². The first-order chi connectivity index (χ1) is 14.6. The summed E-state index contributed by atoms with van der Waals surface area (Å²) >= 11 is 0. The number of carbonyl (C=O) groups excluding carboxylic acids is 2. The fraction of sp³-hybridized carbons (Fsp3) is 0.440. The van der Waals surface area contributed by atoms with Crippen molar-refractivity contribution in [3.8, 4) is 5.75 Å². The molecular weight excluding hydrogens is 390 g/mol. The SMILES string of the molecule is COc1cccc(C(CNC(=O)CCNC(=O)c2ccc(C(C)(C)C)cc2)N(C)C)c1. The number of ether oxygens (including phenoxy) is 1. The zero-order chi connectivity index (χ0) is 23.0. The Hall–Kier alpha value is -2.86. The summed E-state index contributed by atoms with van der Waals surface area (Å²) in [5, 5.41) is 5.78. The number of hydrogen-bond donors (Lipinski definition) is 2. The van der Waals surface area contributed by atoms with E-state index in [4.69, 9.17) is 4.74 Å². The van der Waals surface area contributed by atoms with Crippen LogP contribution in [0.3, 0.4) is 0 Å². The van der Waals surface area contributed by atoms with Crippen LogP contribution >= 0.6 is 0 Å². The third kappa shape index (κ3) is 7.40. The molecule has 2 aromatic carbocycles. The molecule has 0 aliphatic heterocycles. The predicted molar refractivity (Wildman–Crippen MR) is 125 cm³/mol. The van der Waals surface area contributed by atoms with E-state index in [0.717, 1.165) is 11.3 Å². The smallest absolute Gasteiger partial charge is 0.251 e. The molecule has 1 atom stereocenters. The van der Waals surface area contributed by atoms with Crippen LogP contribution in [0.4, 0.5) is 0 Å². The van der Waals surface area contributed by atoms with Crippen molar-refractivity contribution in [2.45, 2.75) is 38.6 Å². The van der Waals surface area contributed by atoms with Crippen LogP contribution in [0.2, 0.25) is 0 Å². The van der Waals surface area contributed by atoms with Crippen LogP contribution in [0.15, 0.2) is 48.5 Å². The molecule has 168 valence electrons. The second-order valence-electron chi connectivity index (χ2n) is 8.89. The number of benzene rings is 2. The van der Waals surface area contributed by atoms with Gasteiger partial charge < -0.3 is 20.3 Å². The molecule has 2 rings (SSSR count). The molecule has 2 aromatic rings. The molecule has 0 saturated carbocycles. The molecule has 0 aliphatic carbocycles. The van der Waals surface area contributed by atoms with Gasteiger partial charge in [-0.1, -0.05) is 45.0 Å². The maximum absolute atomic E-state index is 12.3. The molecule has 0 radical (unpaired) electrons. The fourth-order valence-corrected chi connectivity index (χ4v) is 3.26. The summed E-state index contributed by atoms with van der Waals surface area (Å²) in [4.78, 5) is 26.7. The van der Waals surface area contributed by atoms with Crippen LogP contribution in [0, 0.1) is 0 Å². The maximum atomic E-state index is 12.3. The summed E-state index contributed by atoms with van der Waals surface area (Å²) in [6.45, 7) is 7.17. The van der Waals surface area contributed by atoms with E-state index in [1.54, 1.807) is 7.11 Å². The van der Waals surface area contributed by atoms with Crippen LogP contribution in [-0.2, 0) is 10.2 Å². The number of hydrogen-bond acceptors (Lipinski definition) is 4. The first kappa shape index (κ1) is 24.4. The average Bonchev–Trinajstić information content (AvgIpc) is 2.73. The van der Waals surface area contributed by atoms with Crippen molar-refractivity contribution in [2.75, 3.05) is 34.3 Å². The zero-order valence-electron chi connectivity index (χ0n) is 19.5. The third-order valence-corrected chi connectivity index (χ3v) is 5.25. The lowest BCUT2D eigenvalue weighted by Gasteiger charge is -2.25. The van der Waals surface area contributed by atoms with E-state index >= 15 is 0 Å². The van der Waals surface area contributed by atoms with E-state index in [1.165, 1.54) is 5.56 Å². The topological polar surface area (TPSA) is 70.7 Å². The second kappa shape index (κ2) is 11.0. The molecule has 0 aromatic heterocycles. The van der Waals surface area contributed by atoms with Gasteiger partial charge in [-0.3, -0.25) is 9.59 Å². The Labute approximate surface area is 186 Å². The summed E-state index contributed by atoms with van der Waals surface area (Å²) in [6.07, 6.45) is 0.226. The lowest BCUT2D eigenvalue weighted by atomic mass is 9.87. The van der Waals surface area contributed by atoms with Crippen molar-refractivity contribution >= 4 is 11.8 Å². The van der Waals surface area contributed by atoms with Gasteiger partial charge >= 0.3 is 0 Å². The second-order valence-corrected chi connectivity index (χ2v) is 8.89. The number of rotatable bonds is 9. The van der Waals surface area contributed by atoms with Crippen molar-refractivity contribution in [2.24, 2.45) is 0 Å². The number of carbonyl (C=O) groups is 2. The molecule has 0 bridgehead atoms. The van der Waals surface area contributed by atoms with E-state index < -0.39 is 0 Å². The Balaban J connectivity index is 1.82. The summed E-state index contributed by atoms with van der Waals surface area (Å²) in [5.41, 5.74) is 2.88. The Kier molecular flexibility index (Phi) is 8.63. The molecule has 6 nitrogen and oxygen atoms in total. The van der Waals surface area contributed by atoms with Gasteiger partial charge in [0, 0.05) is 25.1 Å². The summed E-state index contributed by atoms with van der Waals surface area (Å²) in [6, 6.07) is 15.5. The van der Waals surface area contributed by atoms with Crippen molar-refractivity contribution in [3.63, 3.8) is 0 Å². The number of amides is 2. The van der Waals surface area contributed by atoms with Gasteiger partial charge in [0.25, 0.3) is 5.91 Å². The van der Waals surface area contributed by atoms with Crippen molar-refractivity contribution in [1.29, 1.82) is 0 Å². The molecule has 0 aliphatic rings. The van der Waals surface area contributed by atoms with Gasteiger partial charge in [0.1, 0.15) is 5.75 Å². The highest BCUT2D eigenvalue weighted by Crippen LogP contribution is 2.23. The maximum Gasteiger partial charge on any atom is 0.251 e. The van der Waals surface area contributed by atoms with E-state index in [0.29, 0.717) is 12.1 Å². The minimum Gasteiger partial charge on any atom is -0.497 e. The number of nitrogens with one attached hydrogen (secondary N) is 2. The Bertz CT molecular complexity index is 870. The van der Waals surface area contributed by atoms with Crippen LogP contribution in [0.1, 0.15) is 54.7 Å². The van der Waals surface area contributed by atoms with Gasteiger partial charge in [0.2, 0.25) is 5.91 Å². The summed E-state index contributed by atoms with van der Waals surface area (Å²) in [7, 11) is 5.59. The Morgan fingerprint density at radius 1 is 1.03 bits per heavy atom. The van der Waals surface area contributed by atoms with Crippen LogP contribution in [-0.4, -0.2) is 51.0 Å². The highest BCUT2D eigenvalue weighted by atomic mass is 16.5. The average molecular weight is 426 g/mol. The highest BCUT2D eigenvalue weighted by molar-refractivity contribution is 5.94. The minimum absolute atomic E-state index is 0.0231. The monoisotopic (exact) mass is 425 g/mol. The minimum atomic E-state index is -0.171. The molecule has 2 amide bonds. The van der Waals surface area contributed by atoms with Gasteiger partial charge in [-0.2, -0.15) is 0 Å². The van der Waals surface area contributed by atoms with Gasteiger partial charge in [0.15, 0.2) is 0 Å². The predicted octanol–water partition coefficient (Wildman–Crippen LogP) is 3.53. The van der Waals surface area contributed by atoms with Crippen LogP contribution in [0.25, 0.3) is 0 Å². The molecule has 0 heterocycles. The van der Waals surface area contributed by atoms with Crippen molar-refractivity contribution in [1.82, 2.24) is 15.5 Å². The van der Waals surface area contributed by atoms with Gasteiger partial charge in [-0.15, -0.1) is 0 Å². The first-order valence-corrected chi connectivity index (χ1v) is 10.6. The summed E-state index contributed by atoms with van der Waals surface area (Å²) < 4.78 is 5.30. The van der Waals surface area contributed by atoms with Crippen LogP contribution in [0.5, 0.6) is 5.75 Å². The zero-order valence-corrected chi connectivity index (χ0v) is 19.5. The lowest BCUT2D eigenvalue weighted by molar-refractivity contribution is -0.121. The number of likely N-dealkylation sites (N-methyl/N-ethyl adjacent to an activating group) is 1. The number of methoxy groups -OCH3 is 1. The van der Waals surface area contributed by atoms with Crippen molar-refractivity contribution in [3.05, 3.63) is 65.2 Å². The van der Waals surface area contributed by atoms with Gasteiger partial charge in [0.05, 0.1) is 13.2 Å². The van der Waals surface area contributed by atoms with E-state index in [2.05, 4.69) is 36.3 Å². The molecule has 31 heavy (non-hydrogen) atoms. The normalized spacial score (nSPS) is 12.4. The highest BCUT2D eigenvalue weighted by Gasteiger charge is 2.17. The van der Waals surface area contributed by atoms with E-state index in [-0.39, 0.29) is 36.2 Å². The van der Waals surface area contributed by atoms with Crippen LogP contribution < -0.4 is 15.4 Å².